The van der Waals surface area contributed by atoms with Gasteiger partial charge in [0.2, 0.25) is 11.8 Å². The lowest BCUT2D eigenvalue weighted by atomic mass is 9.74. The van der Waals surface area contributed by atoms with E-state index < -0.39 is 0 Å². The molecule has 0 saturated carbocycles. The van der Waals surface area contributed by atoms with E-state index in [0.29, 0.717) is 32.5 Å². The fraction of sp³-hybridized carbons (Fsp3) is 0.778. The number of nitrogens with zero attached hydrogens (tertiary/aromatic N) is 2. The van der Waals surface area contributed by atoms with E-state index >= 15 is 0 Å². The maximum absolute atomic E-state index is 12.4. The number of likely N-dealkylation sites (tertiary alicyclic amines) is 1. The normalized spacial score (nSPS) is 25.5. The van der Waals surface area contributed by atoms with Gasteiger partial charge in [-0.2, -0.15) is 0 Å². The molecule has 0 radical (unpaired) electrons. The topological polar surface area (TPSA) is 59.1 Å². The van der Waals surface area contributed by atoms with Crippen LogP contribution < -0.4 is 0 Å². The Kier molecular flexibility index (Phi) is 4.99. The van der Waals surface area contributed by atoms with Crippen LogP contribution in [0.1, 0.15) is 53.4 Å². The van der Waals surface area contributed by atoms with E-state index in [-0.39, 0.29) is 30.1 Å². The van der Waals surface area contributed by atoms with Gasteiger partial charge in [-0.3, -0.25) is 9.59 Å². The molecule has 138 valence electrons. The Morgan fingerprint density at radius 1 is 1.16 bits per heavy atom. The van der Waals surface area contributed by atoms with Gasteiger partial charge in [-0.15, -0.1) is 0 Å². The van der Waals surface area contributed by atoms with Gasteiger partial charge in [-0.1, -0.05) is 6.08 Å². The van der Waals surface area contributed by atoms with Crippen molar-refractivity contribution in [1.29, 1.82) is 0 Å². The standard InChI is InChI=1S/C18H29BN2O4/c1-17(2)18(3,4)25-19(24-17)14-7-11-21(12-8-14)16(23)9-13-20-10-5-6-15(20)22/h7H,5-6,8-13H2,1-4H3. The molecule has 2 amide bonds. The second kappa shape index (κ2) is 6.76. The van der Waals surface area contributed by atoms with Crippen LogP contribution in [-0.2, 0) is 18.9 Å². The molecule has 0 aliphatic carbocycles. The first kappa shape index (κ1) is 18.5. The highest BCUT2D eigenvalue weighted by molar-refractivity contribution is 6.54. The van der Waals surface area contributed by atoms with Crippen LogP contribution in [0.15, 0.2) is 11.5 Å². The summed E-state index contributed by atoms with van der Waals surface area (Å²) in [5.74, 6) is 0.290. The van der Waals surface area contributed by atoms with Crippen molar-refractivity contribution in [3.8, 4) is 0 Å². The summed E-state index contributed by atoms with van der Waals surface area (Å²) < 4.78 is 12.2. The minimum absolute atomic E-state index is 0.115. The highest BCUT2D eigenvalue weighted by atomic mass is 16.7. The number of carbonyl (C=O) groups excluding carboxylic acids is 2. The van der Waals surface area contributed by atoms with Crippen molar-refractivity contribution in [1.82, 2.24) is 9.80 Å². The number of amides is 2. The van der Waals surface area contributed by atoms with Crippen molar-refractivity contribution >= 4 is 18.9 Å². The quantitative estimate of drug-likeness (QED) is 0.727. The number of hydrogen-bond acceptors (Lipinski definition) is 4. The molecule has 25 heavy (non-hydrogen) atoms. The van der Waals surface area contributed by atoms with Crippen molar-refractivity contribution < 1.29 is 18.9 Å². The predicted molar refractivity (Wildman–Crippen MR) is 95.8 cm³/mol. The summed E-state index contributed by atoms with van der Waals surface area (Å²) in [5, 5.41) is 0. The summed E-state index contributed by atoms with van der Waals surface area (Å²) in [6.45, 7) is 10.8. The maximum atomic E-state index is 12.4. The molecule has 2 fully saturated rings. The predicted octanol–water partition coefficient (Wildman–Crippen LogP) is 1.79. The van der Waals surface area contributed by atoms with Crippen LogP contribution >= 0.6 is 0 Å². The average Bonchev–Trinajstić information content (AvgIpc) is 3.05. The zero-order chi connectivity index (χ0) is 18.2. The summed E-state index contributed by atoms with van der Waals surface area (Å²) in [4.78, 5) is 27.7. The molecule has 0 N–H and O–H groups in total. The van der Waals surface area contributed by atoms with Crippen molar-refractivity contribution in [2.24, 2.45) is 0 Å². The van der Waals surface area contributed by atoms with Crippen LogP contribution in [0.25, 0.3) is 0 Å². The van der Waals surface area contributed by atoms with E-state index in [0.717, 1.165) is 24.9 Å². The molecule has 2 saturated heterocycles. The van der Waals surface area contributed by atoms with Crippen LogP contribution in [0.3, 0.4) is 0 Å². The molecular weight excluding hydrogens is 319 g/mol. The van der Waals surface area contributed by atoms with Gasteiger partial charge in [0.05, 0.1) is 11.2 Å². The molecule has 7 heteroatoms. The second-order valence-corrected chi connectivity index (χ2v) is 8.19. The monoisotopic (exact) mass is 348 g/mol. The van der Waals surface area contributed by atoms with Crippen LogP contribution in [0, 0.1) is 0 Å². The van der Waals surface area contributed by atoms with E-state index in [1.54, 1.807) is 4.90 Å². The molecule has 0 unspecified atom stereocenters. The Balaban J connectivity index is 1.50. The molecule has 0 atom stereocenters. The molecule has 0 spiro atoms. The molecule has 6 nitrogen and oxygen atoms in total. The first-order valence-corrected chi connectivity index (χ1v) is 9.30. The molecule has 0 bridgehead atoms. The van der Waals surface area contributed by atoms with E-state index in [9.17, 15) is 9.59 Å². The summed E-state index contributed by atoms with van der Waals surface area (Å²) in [7, 11) is -0.315. The molecule has 3 aliphatic heterocycles. The molecule has 3 rings (SSSR count). The molecular formula is C18H29BN2O4. The summed E-state index contributed by atoms with van der Waals surface area (Å²) in [6, 6.07) is 0. The Morgan fingerprint density at radius 3 is 2.36 bits per heavy atom. The first-order valence-electron chi connectivity index (χ1n) is 9.30. The molecule has 3 aliphatic rings. The van der Waals surface area contributed by atoms with Gasteiger partial charge < -0.3 is 19.1 Å². The van der Waals surface area contributed by atoms with Crippen LogP contribution in [0.5, 0.6) is 0 Å². The lowest BCUT2D eigenvalue weighted by Crippen LogP contribution is -2.41. The van der Waals surface area contributed by atoms with Gasteiger partial charge in [0.1, 0.15) is 0 Å². The Hall–Kier alpha value is -1.34. The van der Waals surface area contributed by atoms with Gasteiger partial charge in [-0.25, -0.2) is 0 Å². The number of hydrogen-bond donors (Lipinski definition) is 0. The van der Waals surface area contributed by atoms with Crippen molar-refractivity contribution in [2.45, 2.75) is 64.6 Å². The number of rotatable bonds is 4. The highest BCUT2D eigenvalue weighted by Crippen LogP contribution is 2.39. The number of carbonyl (C=O) groups is 2. The smallest absolute Gasteiger partial charge is 0.400 e. The summed E-state index contributed by atoms with van der Waals surface area (Å²) in [6.07, 6.45) is 4.77. The minimum atomic E-state index is -0.340. The van der Waals surface area contributed by atoms with E-state index in [4.69, 9.17) is 9.31 Å². The summed E-state index contributed by atoms with van der Waals surface area (Å²) >= 11 is 0. The second-order valence-electron chi connectivity index (χ2n) is 8.19. The van der Waals surface area contributed by atoms with Gasteiger partial charge in [-0.05, 0) is 46.0 Å². The summed E-state index contributed by atoms with van der Waals surface area (Å²) in [5.41, 5.74) is 0.443. The van der Waals surface area contributed by atoms with E-state index in [1.807, 2.05) is 32.6 Å². The lowest BCUT2D eigenvalue weighted by Gasteiger charge is -2.32. The first-order chi connectivity index (χ1) is 11.7. The van der Waals surface area contributed by atoms with Crippen molar-refractivity contribution in [3.05, 3.63) is 11.5 Å². The van der Waals surface area contributed by atoms with Crippen LogP contribution in [0.2, 0.25) is 0 Å². The van der Waals surface area contributed by atoms with Crippen molar-refractivity contribution in [2.75, 3.05) is 26.2 Å². The third kappa shape index (κ3) is 3.77. The Bertz CT molecular complexity index is 572. The Labute approximate surface area is 150 Å². The van der Waals surface area contributed by atoms with Gasteiger partial charge in [0.25, 0.3) is 0 Å². The fourth-order valence-electron chi connectivity index (χ4n) is 3.45. The Morgan fingerprint density at radius 2 is 1.84 bits per heavy atom. The third-order valence-corrected chi connectivity index (χ3v) is 5.92. The molecule has 3 heterocycles. The van der Waals surface area contributed by atoms with E-state index in [2.05, 4.69) is 6.08 Å². The fourth-order valence-corrected chi connectivity index (χ4v) is 3.45. The average molecular weight is 348 g/mol. The molecule has 0 aromatic carbocycles. The highest BCUT2D eigenvalue weighted by Gasteiger charge is 2.52. The SMILES string of the molecule is CC1(C)OB(C2=CCN(C(=O)CCN3CCCC3=O)CC2)OC1(C)C. The largest absolute Gasteiger partial charge is 0.490 e. The third-order valence-electron chi connectivity index (χ3n) is 5.92. The van der Waals surface area contributed by atoms with Crippen LogP contribution in [0.4, 0.5) is 0 Å². The van der Waals surface area contributed by atoms with Gasteiger partial charge >= 0.3 is 7.12 Å². The van der Waals surface area contributed by atoms with Gasteiger partial charge in [0, 0.05) is 39.0 Å². The van der Waals surface area contributed by atoms with E-state index in [1.165, 1.54) is 0 Å². The maximum Gasteiger partial charge on any atom is 0.490 e. The van der Waals surface area contributed by atoms with Gasteiger partial charge in [0.15, 0.2) is 0 Å². The molecule has 0 aromatic rings. The molecule has 0 aromatic heterocycles. The lowest BCUT2D eigenvalue weighted by molar-refractivity contribution is -0.132. The van der Waals surface area contributed by atoms with Crippen molar-refractivity contribution in [3.63, 3.8) is 0 Å². The zero-order valence-electron chi connectivity index (χ0n) is 15.8. The minimum Gasteiger partial charge on any atom is -0.400 e. The zero-order valence-corrected chi connectivity index (χ0v) is 15.8. The van der Waals surface area contributed by atoms with Crippen LogP contribution in [-0.4, -0.2) is 66.1 Å².